The van der Waals surface area contributed by atoms with Crippen LogP contribution in [0.25, 0.3) is 10.9 Å². The fraction of sp³-hybridized carbons (Fsp3) is 0.100. The van der Waals surface area contributed by atoms with E-state index < -0.39 is 0 Å². The van der Waals surface area contributed by atoms with Gasteiger partial charge >= 0.3 is 0 Å². The Morgan fingerprint density at radius 1 is 1.38 bits per heavy atom. The highest BCUT2D eigenvalue weighted by Crippen LogP contribution is 2.24. The van der Waals surface area contributed by atoms with E-state index in [-0.39, 0.29) is 0 Å². The quantitative estimate of drug-likeness (QED) is 0.667. The fourth-order valence-electron chi connectivity index (χ4n) is 1.57. The highest BCUT2D eigenvalue weighted by molar-refractivity contribution is 6.03. The Hall–Kier alpha value is -1.77. The van der Waals surface area contributed by atoms with Gasteiger partial charge < -0.3 is 10.3 Å². The largest absolute Gasteiger partial charge is 0.384 e. The molecule has 66 valence electrons. The zero-order chi connectivity index (χ0) is 9.42. The Bertz CT molecular complexity index is 471. The molecular formula is C10H10N2O. The summed E-state index contributed by atoms with van der Waals surface area (Å²) < 4.78 is 1.82. The maximum Gasteiger partial charge on any atom is 0.154 e. The zero-order valence-electron chi connectivity index (χ0n) is 7.32. The first-order valence-corrected chi connectivity index (χ1v) is 4.03. The number of rotatable bonds is 1. The number of aldehydes is 1. The third-order valence-corrected chi connectivity index (χ3v) is 2.31. The molecule has 2 aromatic rings. The molecule has 0 bridgehead atoms. The van der Waals surface area contributed by atoms with Crippen LogP contribution >= 0.6 is 0 Å². The van der Waals surface area contributed by atoms with Gasteiger partial charge in [0.1, 0.15) is 5.82 Å². The fourth-order valence-corrected chi connectivity index (χ4v) is 1.57. The minimum Gasteiger partial charge on any atom is -0.384 e. The lowest BCUT2D eigenvalue weighted by molar-refractivity contribution is 0.112. The van der Waals surface area contributed by atoms with Crippen LogP contribution in [0.4, 0.5) is 5.82 Å². The highest BCUT2D eigenvalue weighted by Gasteiger charge is 2.10. The summed E-state index contributed by atoms with van der Waals surface area (Å²) >= 11 is 0. The third kappa shape index (κ3) is 0.935. The van der Waals surface area contributed by atoms with Gasteiger partial charge in [0, 0.05) is 12.4 Å². The SMILES string of the molecule is Cn1c(N)c(C=O)c2ccccc21. The van der Waals surface area contributed by atoms with Crippen LogP contribution in [0, 0.1) is 0 Å². The summed E-state index contributed by atoms with van der Waals surface area (Å²) in [6, 6.07) is 7.67. The number of anilines is 1. The van der Waals surface area contributed by atoms with Gasteiger partial charge in [-0.05, 0) is 6.07 Å². The van der Waals surface area contributed by atoms with E-state index in [0.29, 0.717) is 11.4 Å². The predicted octanol–water partition coefficient (Wildman–Crippen LogP) is 1.57. The van der Waals surface area contributed by atoms with Crippen LogP contribution in [0.2, 0.25) is 0 Å². The van der Waals surface area contributed by atoms with Crippen LogP contribution in [0.15, 0.2) is 24.3 Å². The summed E-state index contributed by atoms with van der Waals surface area (Å²) in [5, 5.41) is 0.914. The second-order valence-electron chi connectivity index (χ2n) is 2.99. The number of nitrogens with zero attached hydrogens (tertiary/aromatic N) is 1. The average Bonchev–Trinajstić information content (AvgIpc) is 2.41. The van der Waals surface area contributed by atoms with E-state index in [0.717, 1.165) is 17.2 Å². The van der Waals surface area contributed by atoms with Crippen molar-refractivity contribution in [2.45, 2.75) is 0 Å². The van der Waals surface area contributed by atoms with E-state index in [1.165, 1.54) is 0 Å². The topological polar surface area (TPSA) is 48.0 Å². The van der Waals surface area contributed by atoms with Crippen molar-refractivity contribution < 1.29 is 4.79 Å². The molecule has 0 aliphatic carbocycles. The number of carbonyl (C=O) groups excluding carboxylic acids is 1. The monoisotopic (exact) mass is 174 g/mol. The van der Waals surface area contributed by atoms with Gasteiger partial charge in [0.15, 0.2) is 6.29 Å². The molecule has 0 unspecified atom stereocenters. The molecule has 1 aromatic heterocycles. The van der Waals surface area contributed by atoms with Crippen molar-refractivity contribution in [2.75, 3.05) is 5.73 Å². The van der Waals surface area contributed by atoms with Crippen molar-refractivity contribution >= 4 is 23.0 Å². The van der Waals surface area contributed by atoms with Crippen molar-refractivity contribution in [1.29, 1.82) is 0 Å². The lowest BCUT2D eigenvalue weighted by atomic mass is 10.2. The molecule has 0 saturated heterocycles. The molecule has 3 heteroatoms. The molecule has 2 rings (SSSR count). The van der Waals surface area contributed by atoms with E-state index >= 15 is 0 Å². The summed E-state index contributed by atoms with van der Waals surface area (Å²) in [4.78, 5) is 10.8. The molecular weight excluding hydrogens is 164 g/mol. The van der Waals surface area contributed by atoms with Crippen molar-refractivity contribution in [1.82, 2.24) is 4.57 Å². The second kappa shape index (κ2) is 2.62. The van der Waals surface area contributed by atoms with Crippen molar-refractivity contribution in [3.05, 3.63) is 29.8 Å². The smallest absolute Gasteiger partial charge is 0.154 e. The molecule has 0 spiro atoms. The molecule has 1 heterocycles. The van der Waals surface area contributed by atoms with Gasteiger partial charge in [0.25, 0.3) is 0 Å². The number of hydrogen-bond acceptors (Lipinski definition) is 2. The molecule has 0 aliphatic rings. The van der Waals surface area contributed by atoms with Gasteiger partial charge in [0.2, 0.25) is 0 Å². The number of nitrogens with two attached hydrogens (primary N) is 1. The van der Waals surface area contributed by atoms with E-state index in [1.54, 1.807) is 0 Å². The Morgan fingerprint density at radius 3 is 2.77 bits per heavy atom. The number of carbonyl (C=O) groups is 1. The zero-order valence-corrected chi connectivity index (χ0v) is 7.32. The van der Waals surface area contributed by atoms with E-state index in [4.69, 9.17) is 5.73 Å². The number of benzene rings is 1. The second-order valence-corrected chi connectivity index (χ2v) is 2.99. The number of nitrogen functional groups attached to an aromatic ring is 1. The summed E-state index contributed by atoms with van der Waals surface area (Å²) in [6.45, 7) is 0. The Labute approximate surface area is 75.8 Å². The molecule has 1 aromatic carbocycles. The number of aromatic nitrogens is 1. The first-order chi connectivity index (χ1) is 6.25. The summed E-state index contributed by atoms with van der Waals surface area (Å²) in [6.07, 6.45) is 0.803. The number of aryl methyl sites for hydroxylation is 1. The molecule has 13 heavy (non-hydrogen) atoms. The van der Waals surface area contributed by atoms with Crippen LogP contribution in [-0.4, -0.2) is 10.9 Å². The maximum atomic E-state index is 10.8. The third-order valence-electron chi connectivity index (χ3n) is 2.31. The van der Waals surface area contributed by atoms with Gasteiger partial charge in [-0.3, -0.25) is 4.79 Å². The Kier molecular flexibility index (Phi) is 1.59. The molecule has 2 N–H and O–H groups in total. The Balaban J connectivity index is 2.98. The van der Waals surface area contributed by atoms with Crippen molar-refractivity contribution in [2.24, 2.45) is 7.05 Å². The molecule has 0 aliphatic heterocycles. The van der Waals surface area contributed by atoms with Gasteiger partial charge in [-0.2, -0.15) is 0 Å². The minimum atomic E-state index is 0.524. The van der Waals surface area contributed by atoms with E-state index in [1.807, 2.05) is 35.9 Å². The van der Waals surface area contributed by atoms with Crippen LogP contribution in [0.1, 0.15) is 10.4 Å². The van der Waals surface area contributed by atoms with Gasteiger partial charge in [-0.1, -0.05) is 18.2 Å². The number of hydrogen-bond donors (Lipinski definition) is 1. The van der Waals surface area contributed by atoms with Gasteiger partial charge in [-0.25, -0.2) is 0 Å². The minimum absolute atomic E-state index is 0.524. The van der Waals surface area contributed by atoms with Crippen LogP contribution in [0.5, 0.6) is 0 Å². The van der Waals surface area contributed by atoms with E-state index in [9.17, 15) is 4.79 Å². The summed E-state index contributed by atoms with van der Waals surface area (Å²) in [5.41, 5.74) is 7.33. The standard InChI is InChI=1S/C10H10N2O/c1-12-9-5-3-2-4-7(9)8(6-13)10(12)11/h2-6H,11H2,1H3. The van der Waals surface area contributed by atoms with Gasteiger partial charge in [0.05, 0.1) is 11.1 Å². The molecule has 0 atom stereocenters. The first kappa shape index (κ1) is 7.86. The highest BCUT2D eigenvalue weighted by atomic mass is 16.1. The normalized spacial score (nSPS) is 10.5. The number of para-hydroxylation sites is 1. The first-order valence-electron chi connectivity index (χ1n) is 4.03. The molecule has 0 saturated carbocycles. The van der Waals surface area contributed by atoms with Crippen molar-refractivity contribution in [3.63, 3.8) is 0 Å². The van der Waals surface area contributed by atoms with Gasteiger partial charge in [-0.15, -0.1) is 0 Å². The maximum absolute atomic E-state index is 10.8. The predicted molar refractivity (Wildman–Crippen MR) is 52.7 cm³/mol. The summed E-state index contributed by atoms with van der Waals surface area (Å²) in [7, 11) is 1.85. The van der Waals surface area contributed by atoms with Crippen LogP contribution in [-0.2, 0) is 7.05 Å². The lowest BCUT2D eigenvalue weighted by Gasteiger charge is -1.96. The van der Waals surface area contributed by atoms with Crippen molar-refractivity contribution in [3.8, 4) is 0 Å². The average molecular weight is 174 g/mol. The molecule has 0 fully saturated rings. The molecule has 0 radical (unpaired) electrons. The summed E-state index contributed by atoms with van der Waals surface area (Å²) in [5.74, 6) is 0.524. The molecule has 0 amide bonds. The lowest BCUT2D eigenvalue weighted by Crippen LogP contribution is -1.97. The van der Waals surface area contributed by atoms with E-state index in [2.05, 4.69) is 0 Å². The molecule has 3 nitrogen and oxygen atoms in total. The van der Waals surface area contributed by atoms with Crippen LogP contribution in [0.3, 0.4) is 0 Å². The Morgan fingerprint density at radius 2 is 2.08 bits per heavy atom. The number of fused-ring (bicyclic) bond motifs is 1. The van der Waals surface area contributed by atoms with Crippen LogP contribution < -0.4 is 5.73 Å².